The maximum Gasteiger partial charge on any atom is 0.332 e. The van der Waals surface area contributed by atoms with Gasteiger partial charge in [-0.3, -0.25) is 0 Å². The van der Waals surface area contributed by atoms with Gasteiger partial charge in [0.25, 0.3) is 0 Å². The Hall–Kier alpha value is -4.29. The molecule has 32 heavy (non-hydrogen) atoms. The minimum atomic E-state index is -0.393. The number of carbonyl (C=O) groups excluding carboxylic acids is 1. The predicted octanol–water partition coefficient (Wildman–Crippen LogP) is 6.26. The zero-order valence-corrected chi connectivity index (χ0v) is 17.8. The minimum absolute atomic E-state index is 0.319. The highest BCUT2D eigenvalue weighted by Crippen LogP contribution is 2.25. The topological polar surface area (TPSA) is 38.3 Å². The molecule has 0 radical (unpaired) electrons. The molecule has 4 rings (SSSR count). The first-order valence-electron chi connectivity index (χ1n) is 10.5. The lowest BCUT2D eigenvalue weighted by molar-refractivity contribution is -0.137. The molecule has 0 aliphatic rings. The Morgan fingerprint density at radius 3 is 2.38 bits per heavy atom. The van der Waals surface area contributed by atoms with Crippen molar-refractivity contribution in [2.75, 3.05) is 11.9 Å². The molecule has 4 aromatic carbocycles. The highest BCUT2D eigenvalue weighted by Gasteiger charge is 2.09. The van der Waals surface area contributed by atoms with E-state index in [0.717, 1.165) is 33.2 Å². The number of hydrogen-bond acceptors (Lipinski definition) is 3. The van der Waals surface area contributed by atoms with E-state index >= 15 is 0 Å². The highest BCUT2D eigenvalue weighted by molar-refractivity contribution is 5.97. The number of benzene rings is 4. The Morgan fingerprint density at radius 1 is 0.844 bits per heavy atom. The van der Waals surface area contributed by atoms with Crippen LogP contribution in [-0.4, -0.2) is 12.6 Å². The van der Waals surface area contributed by atoms with Gasteiger partial charge in [0.05, 0.1) is 18.0 Å². The van der Waals surface area contributed by atoms with Gasteiger partial charge in [0, 0.05) is 17.2 Å². The van der Waals surface area contributed by atoms with Gasteiger partial charge in [-0.2, -0.15) is 0 Å². The van der Waals surface area contributed by atoms with Gasteiger partial charge in [0.15, 0.2) is 0 Å². The molecule has 0 unspecified atom stereocenters. The number of rotatable bonds is 5. The molecule has 0 bridgehead atoms. The van der Waals surface area contributed by atoms with Gasteiger partial charge in [-0.05, 0) is 53.6 Å². The van der Waals surface area contributed by atoms with E-state index in [0.29, 0.717) is 12.3 Å². The number of carbonyl (C=O) groups is 1. The van der Waals surface area contributed by atoms with Crippen LogP contribution in [0.15, 0.2) is 103 Å². The highest BCUT2D eigenvalue weighted by atomic mass is 16.5. The fourth-order valence-corrected chi connectivity index (χ4v) is 3.36. The molecule has 3 heteroatoms. The molecule has 0 saturated heterocycles. The smallest absolute Gasteiger partial charge is 0.332 e. The van der Waals surface area contributed by atoms with E-state index in [4.69, 9.17) is 4.74 Å². The van der Waals surface area contributed by atoms with Crippen LogP contribution in [0.5, 0.6) is 0 Å². The second-order valence-corrected chi connectivity index (χ2v) is 7.16. The standard InChI is InChI=1S/C29H23NO2/c1-2-32-29(31)21-28(26-19-18-23-12-6-7-14-25(23)20-26)30-27-15-9-8-13-24(27)17-16-22-10-4-3-5-11-22/h3-15,18-21,30H,2H2,1H3/b28-21-. The molecule has 0 saturated carbocycles. The first kappa shape index (κ1) is 21.0. The average Bonchev–Trinajstić information content (AvgIpc) is 2.83. The molecule has 0 aromatic heterocycles. The van der Waals surface area contributed by atoms with Crippen molar-refractivity contribution < 1.29 is 9.53 Å². The van der Waals surface area contributed by atoms with Crippen molar-refractivity contribution >= 4 is 28.1 Å². The second kappa shape index (κ2) is 10.1. The summed E-state index contributed by atoms with van der Waals surface area (Å²) in [6.07, 6.45) is 1.50. The van der Waals surface area contributed by atoms with Gasteiger partial charge in [-0.25, -0.2) is 4.79 Å². The molecule has 0 aliphatic heterocycles. The summed E-state index contributed by atoms with van der Waals surface area (Å²) in [5.41, 5.74) is 4.15. The molecule has 3 nitrogen and oxygen atoms in total. The van der Waals surface area contributed by atoms with Crippen molar-refractivity contribution in [2.45, 2.75) is 6.92 Å². The zero-order chi connectivity index (χ0) is 22.2. The third kappa shape index (κ3) is 5.24. The largest absolute Gasteiger partial charge is 0.463 e. The molecule has 0 heterocycles. The monoisotopic (exact) mass is 417 g/mol. The summed E-state index contributed by atoms with van der Waals surface area (Å²) in [5, 5.41) is 5.65. The van der Waals surface area contributed by atoms with Crippen molar-refractivity contribution in [2.24, 2.45) is 0 Å². The number of fused-ring (bicyclic) bond motifs is 1. The third-order valence-electron chi connectivity index (χ3n) is 4.92. The van der Waals surface area contributed by atoms with Crippen LogP contribution in [0.3, 0.4) is 0 Å². The maximum atomic E-state index is 12.3. The van der Waals surface area contributed by atoms with Crippen molar-refractivity contribution in [3.05, 3.63) is 120 Å². The van der Waals surface area contributed by atoms with E-state index in [1.165, 1.54) is 6.08 Å². The van der Waals surface area contributed by atoms with Gasteiger partial charge >= 0.3 is 5.97 Å². The number of nitrogens with one attached hydrogen (secondary N) is 1. The molecule has 0 spiro atoms. The molecule has 156 valence electrons. The summed E-state index contributed by atoms with van der Waals surface area (Å²) < 4.78 is 5.17. The number of para-hydroxylation sites is 1. The first-order valence-corrected chi connectivity index (χ1v) is 10.5. The van der Waals surface area contributed by atoms with E-state index in [2.05, 4.69) is 35.4 Å². The summed E-state index contributed by atoms with van der Waals surface area (Å²) >= 11 is 0. The Bertz CT molecular complexity index is 1330. The Labute approximate surface area is 188 Å². The van der Waals surface area contributed by atoms with Crippen molar-refractivity contribution in [1.82, 2.24) is 0 Å². The third-order valence-corrected chi connectivity index (χ3v) is 4.92. The molecular weight excluding hydrogens is 394 g/mol. The number of hydrogen-bond donors (Lipinski definition) is 1. The molecule has 0 atom stereocenters. The van der Waals surface area contributed by atoms with Gasteiger partial charge < -0.3 is 10.1 Å². The second-order valence-electron chi connectivity index (χ2n) is 7.16. The lowest BCUT2D eigenvalue weighted by Crippen LogP contribution is -2.06. The molecular formula is C29H23NO2. The van der Waals surface area contributed by atoms with E-state index in [1.807, 2.05) is 78.9 Å². The van der Waals surface area contributed by atoms with Crippen LogP contribution in [0.4, 0.5) is 5.69 Å². The predicted molar refractivity (Wildman–Crippen MR) is 131 cm³/mol. The van der Waals surface area contributed by atoms with Crippen LogP contribution >= 0.6 is 0 Å². The number of anilines is 1. The first-order chi connectivity index (χ1) is 15.7. The van der Waals surface area contributed by atoms with Gasteiger partial charge in [0.1, 0.15) is 0 Å². The van der Waals surface area contributed by atoms with Crippen LogP contribution in [0, 0.1) is 11.8 Å². The van der Waals surface area contributed by atoms with E-state index in [1.54, 1.807) is 6.92 Å². The summed E-state index contributed by atoms with van der Waals surface area (Å²) in [5.74, 6) is 6.04. The average molecular weight is 418 g/mol. The van der Waals surface area contributed by atoms with Gasteiger partial charge in [-0.1, -0.05) is 78.6 Å². The molecule has 0 fully saturated rings. The zero-order valence-electron chi connectivity index (χ0n) is 17.8. The molecule has 4 aromatic rings. The Balaban J connectivity index is 1.72. The van der Waals surface area contributed by atoms with E-state index in [9.17, 15) is 4.79 Å². The summed E-state index contributed by atoms with van der Waals surface area (Å²) in [6, 6.07) is 31.9. The van der Waals surface area contributed by atoms with Crippen molar-refractivity contribution in [3.8, 4) is 11.8 Å². The summed E-state index contributed by atoms with van der Waals surface area (Å²) in [4.78, 5) is 12.3. The SMILES string of the molecule is CCOC(=O)/C=C(\Nc1ccccc1C#Cc1ccccc1)c1ccc2ccccc2c1. The van der Waals surface area contributed by atoms with Gasteiger partial charge in [-0.15, -0.1) is 0 Å². The summed E-state index contributed by atoms with van der Waals surface area (Å²) in [7, 11) is 0. The quantitative estimate of drug-likeness (QED) is 0.237. The number of esters is 1. The van der Waals surface area contributed by atoms with Crippen LogP contribution < -0.4 is 5.32 Å². The van der Waals surface area contributed by atoms with Crippen molar-refractivity contribution in [1.29, 1.82) is 0 Å². The van der Waals surface area contributed by atoms with Crippen molar-refractivity contribution in [3.63, 3.8) is 0 Å². The van der Waals surface area contributed by atoms with E-state index < -0.39 is 5.97 Å². The molecule has 1 N–H and O–H groups in total. The normalized spacial score (nSPS) is 10.8. The molecule has 0 aliphatic carbocycles. The minimum Gasteiger partial charge on any atom is -0.463 e. The fraction of sp³-hybridized carbons (Fsp3) is 0.0690. The van der Waals surface area contributed by atoms with Crippen LogP contribution in [0.1, 0.15) is 23.6 Å². The van der Waals surface area contributed by atoms with E-state index in [-0.39, 0.29) is 0 Å². The van der Waals surface area contributed by atoms with Crippen LogP contribution in [0.25, 0.3) is 16.5 Å². The Kier molecular flexibility index (Phi) is 6.65. The lowest BCUT2D eigenvalue weighted by atomic mass is 10.0. The molecule has 0 amide bonds. The number of ether oxygens (including phenoxy) is 1. The lowest BCUT2D eigenvalue weighted by Gasteiger charge is -2.14. The Morgan fingerprint density at radius 2 is 1.56 bits per heavy atom. The van der Waals surface area contributed by atoms with Crippen LogP contribution in [0.2, 0.25) is 0 Å². The fourth-order valence-electron chi connectivity index (χ4n) is 3.36. The maximum absolute atomic E-state index is 12.3. The van der Waals surface area contributed by atoms with Crippen LogP contribution in [-0.2, 0) is 9.53 Å². The van der Waals surface area contributed by atoms with Gasteiger partial charge in [0.2, 0.25) is 0 Å². The summed E-state index contributed by atoms with van der Waals surface area (Å²) in [6.45, 7) is 2.11.